The number of aromatic nitrogens is 2. The Balaban J connectivity index is 1.62. The van der Waals surface area contributed by atoms with Crippen LogP contribution in [-0.2, 0) is 11.3 Å². The lowest BCUT2D eigenvalue weighted by Gasteiger charge is -2.02. The van der Waals surface area contributed by atoms with Crippen LogP contribution in [0.5, 0.6) is 5.75 Å². The van der Waals surface area contributed by atoms with Crippen molar-refractivity contribution in [1.82, 2.24) is 9.55 Å². The van der Waals surface area contributed by atoms with Gasteiger partial charge in [-0.25, -0.2) is 4.98 Å². The third-order valence-corrected chi connectivity index (χ3v) is 4.94. The van der Waals surface area contributed by atoms with Crippen molar-refractivity contribution in [3.63, 3.8) is 0 Å². The van der Waals surface area contributed by atoms with Crippen molar-refractivity contribution in [3.8, 4) is 28.1 Å². The molecular weight excluding hydrogens is 388 g/mol. The fourth-order valence-corrected chi connectivity index (χ4v) is 3.32. The second-order valence-electron chi connectivity index (χ2n) is 7.06. The van der Waals surface area contributed by atoms with E-state index in [1.807, 2.05) is 78.9 Å². The maximum Gasteiger partial charge on any atom is 0.323 e. The lowest BCUT2D eigenvalue weighted by atomic mass is 10.0. The second kappa shape index (κ2) is 9.13. The maximum atomic E-state index is 11.3. The quantitative estimate of drug-likeness (QED) is 0.438. The van der Waals surface area contributed by atoms with Gasteiger partial charge in [0.15, 0.2) is 0 Å². The number of carbonyl (C=O) groups is 1. The zero-order valence-corrected chi connectivity index (χ0v) is 17.1. The largest absolute Gasteiger partial charge is 0.497 e. The second-order valence-corrected chi connectivity index (χ2v) is 7.06. The molecule has 0 radical (unpaired) electrons. The summed E-state index contributed by atoms with van der Waals surface area (Å²) in [7, 11) is 1.63. The van der Waals surface area contributed by atoms with E-state index in [1.165, 1.54) is 0 Å². The van der Waals surface area contributed by atoms with E-state index in [2.05, 4.69) is 17.1 Å². The molecule has 0 aliphatic rings. The van der Waals surface area contributed by atoms with Gasteiger partial charge >= 0.3 is 5.97 Å². The summed E-state index contributed by atoms with van der Waals surface area (Å²) in [5, 5.41) is 9.29. The molecule has 1 aromatic heterocycles. The van der Waals surface area contributed by atoms with Crippen LogP contribution in [-0.4, -0.2) is 27.7 Å². The van der Waals surface area contributed by atoms with Gasteiger partial charge in [0.05, 0.1) is 12.8 Å². The summed E-state index contributed by atoms with van der Waals surface area (Å²) >= 11 is 0. The number of hydrogen-bond donors (Lipinski definition) is 1. The molecule has 0 fully saturated rings. The minimum atomic E-state index is -0.914. The fraction of sp³-hybridized carbons (Fsp3) is 0.0769. The number of carboxylic acid groups (broad SMARTS) is 1. The van der Waals surface area contributed by atoms with Crippen LogP contribution in [0.15, 0.2) is 85.1 Å². The average Bonchev–Trinajstić information content (AvgIpc) is 3.20. The number of benzene rings is 3. The number of rotatable bonds is 7. The predicted octanol–water partition coefficient (Wildman–Crippen LogP) is 5.48. The van der Waals surface area contributed by atoms with Gasteiger partial charge in [-0.05, 0) is 34.9 Å². The number of nitrogens with zero attached hydrogens (tertiary/aromatic N) is 2. The van der Waals surface area contributed by atoms with Gasteiger partial charge in [0.2, 0.25) is 0 Å². The van der Waals surface area contributed by atoms with Crippen molar-refractivity contribution in [2.75, 3.05) is 7.11 Å². The molecule has 0 aliphatic carbocycles. The van der Waals surface area contributed by atoms with Crippen molar-refractivity contribution >= 4 is 18.1 Å². The van der Waals surface area contributed by atoms with E-state index in [4.69, 9.17) is 4.74 Å². The number of aliphatic carboxylic acids is 1. The van der Waals surface area contributed by atoms with Gasteiger partial charge in [-0.15, -0.1) is 0 Å². The molecule has 5 nitrogen and oxygen atoms in total. The monoisotopic (exact) mass is 410 g/mol. The zero-order valence-electron chi connectivity index (χ0n) is 17.1. The first kappa shape index (κ1) is 20.2. The molecule has 4 aromatic rings. The molecule has 0 aliphatic heterocycles. The lowest BCUT2D eigenvalue weighted by molar-refractivity contribution is -0.137. The van der Waals surface area contributed by atoms with E-state index < -0.39 is 5.97 Å². The van der Waals surface area contributed by atoms with E-state index in [0.717, 1.165) is 33.7 Å². The molecule has 0 atom stereocenters. The Bertz CT molecular complexity index is 1190. The Hall–Kier alpha value is -4.12. The molecule has 0 amide bonds. The molecule has 4 rings (SSSR count). The van der Waals surface area contributed by atoms with Crippen molar-refractivity contribution in [2.45, 2.75) is 6.54 Å². The Morgan fingerprint density at radius 1 is 0.903 bits per heavy atom. The molecule has 0 saturated heterocycles. The molecule has 5 heteroatoms. The van der Waals surface area contributed by atoms with E-state index in [-0.39, 0.29) is 6.54 Å². The SMILES string of the molecule is COc1ccc(C=Cc2nc(-c3ccc(-c4ccccc4)cc3)cn2CC(=O)O)cc1. The van der Waals surface area contributed by atoms with E-state index in [1.54, 1.807) is 17.9 Å². The molecular formula is C26H22N2O3. The van der Waals surface area contributed by atoms with Crippen molar-refractivity contribution < 1.29 is 14.6 Å². The van der Waals surface area contributed by atoms with Crippen LogP contribution in [0.25, 0.3) is 34.5 Å². The van der Waals surface area contributed by atoms with Crippen molar-refractivity contribution in [2.24, 2.45) is 0 Å². The highest BCUT2D eigenvalue weighted by molar-refractivity contribution is 5.73. The first-order valence-electron chi connectivity index (χ1n) is 9.89. The predicted molar refractivity (Wildman–Crippen MR) is 123 cm³/mol. The van der Waals surface area contributed by atoms with Crippen molar-refractivity contribution in [3.05, 3.63) is 96.4 Å². The molecule has 31 heavy (non-hydrogen) atoms. The third-order valence-electron chi connectivity index (χ3n) is 4.94. The highest BCUT2D eigenvalue weighted by Gasteiger charge is 2.11. The minimum Gasteiger partial charge on any atom is -0.497 e. The number of ether oxygens (including phenoxy) is 1. The summed E-state index contributed by atoms with van der Waals surface area (Å²) in [6.07, 6.45) is 5.51. The highest BCUT2D eigenvalue weighted by Crippen LogP contribution is 2.25. The van der Waals surface area contributed by atoms with Crippen LogP contribution in [0.4, 0.5) is 0 Å². The summed E-state index contributed by atoms with van der Waals surface area (Å²) in [5.74, 6) is 0.452. The third kappa shape index (κ3) is 4.90. The van der Waals surface area contributed by atoms with Gasteiger partial charge < -0.3 is 14.4 Å². The molecule has 3 aromatic carbocycles. The van der Waals surface area contributed by atoms with Crippen LogP contribution in [0.3, 0.4) is 0 Å². The standard InChI is InChI=1S/C26H22N2O3/c1-31-23-14-7-19(8-15-23)9-16-25-27-24(17-28(25)18-26(29)30)22-12-10-21(11-13-22)20-5-3-2-4-6-20/h2-17H,18H2,1H3,(H,29,30). The van der Waals surface area contributed by atoms with Gasteiger partial charge in [0.25, 0.3) is 0 Å². The normalized spacial score (nSPS) is 11.0. The zero-order chi connectivity index (χ0) is 21.6. The Kier molecular flexibility index (Phi) is 5.94. The molecule has 0 spiro atoms. The highest BCUT2D eigenvalue weighted by atomic mass is 16.5. The van der Waals surface area contributed by atoms with Crippen LogP contribution < -0.4 is 4.74 Å². The number of carboxylic acids is 1. The van der Waals surface area contributed by atoms with Gasteiger partial charge in [-0.1, -0.05) is 72.8 Å². The average molecular weight is 410 g/mol. The summed E-state index contributed by atoms with van der Waals surface area (Å²) in [6, 6.07) is 25.9. The Labute approximate surface area is 180 Å². The molecule has 0 saturated carbocycles. The van der Waals surface area contributed by atoms with Crippen LogP contribution >= 0.6 is 0 Å². The molecule has 154 valence electrons. The summed E-state index contributed by atoms with van der Waals surface area (Å²) < 4.78 is 6.82. The van der Waals surface area contributed by atoms with Crippen LogP contribution in [0.2, 0.25) is 0 Å². The van der Waals surface area contributed by atoms with Crippen molar-refractivity contribution in [1.29, 1.82) is 0 Å². The minimum absolute atomic E-state index is 0.155. The van der Waals surface area contributed by atoms with E-state index in [0.29, 0.717) is 5.82 Å². The summed E-state index contributed by atoms with van der Waals surface area (Å²) in [6.45, 7) is -0.155. The Morgan fingerprint density at radius 2 is 1.55 bits per heavy atom. The maximum absolute atomic E-state index is 11.3. The number of methoxy groups -OCH3 is 1. The van der Waals surface area contributed by atoms with E-state index in [9.17, 15) is 9.90 Å². The fourth-order valence-electron chi connectivity index (χ4n) is 3.32. The smallest absolute Gasteiger partial charge is 0.323 e. The topological polar surface area (TPSA) is 64.4 Å². The first-order valence-corrected chi connectivity index (χ1v) is 9.89. The summed E-state index contributed by atoms with van der Waals surface area (Å²) in [4.78, 5) is 16.0. The molecule has 0 unspecified atom stereocenters. The van der Waals surface area contributed by atoms with Gasteiger partial charge in [0, 0.05) is 11.8 Å². The number of hydrogen-bond acceptors (Lipinski definition) is 3. The van der Waals surface area contributed by atoms with Gasteiger partial charge in [-0.2, -0.15) is 0 Å². The summed E-state index contributed by atoms with van der Waals surface area (Å²) in [5.41, 5.74) is 4.90. The first-order chi connectivity index (χ1) is 15.1. The van der Waals surface area contributed by atoms with Crippen LogP contribution in [0, 0.1) is 0 Å². The van der Waals surface area contributed by atoms with Gasteiger partial charge in [-0.3, -0.25) is 4.79 Å². The molecule has 0 bridgehead atoms. The van der Waals surface area contributed by atoms with Gasteiger partial charge in [0.1, 0.15) is 18.1 Å². The molecule has 1 N–H and O–H groups in total. The number of imidazole rings is 1. The Morgan fingerprint density at radius 3 is 2.19 bits per heavy atom. The van der Waals surface area contributed by atoms with E-state index >= 15 is 0 Å². The lowest BCUT2D eigenvalue weighted by Crippen LogP contribution is -2.09. The van der Waals surface area contributed by atoms with Crippen LogP contribution in [0.1, 0.15) is 11.4 Å². The molecule has 1 heterocycles.